The van der Waals surface area contributed by atoms with Crippen molar-refractivity contribution in [3.05, 3.63) is 0 Å². The van der Waals surface area contributed by atoms with E-state index in [1.165, 1.54) is 0 Å². The van der Waals surface area contributed by atoms with E-state index in [-0.39, 0.29) is 31.3 Å². The Kier molecular flexibility index (Phi) is 9.22. The van der Waals surface area contributed by atoms with Crippen LogP contribution >= 0.6 is 12.4 Å². The number of piperidine rings is 1. The minimum atomic E-state index is -4.13. The zero-order valence-electron chi connectivity index (χ0n) is 11.8. The SMILES string of the molecule is CC(CC(=O)NCCCC(F)(F)F)C1CCNCC1.Cl. The summed E-state index contributed by atoms with van der Waals surface area (Å²) >= 11 is 0. The molecule has 1 saturated heterocycles. The fourth-order valence-electron chi connectivity index (χ4n) is 2.46. The first-order valence-corrected chi connectivity index (χ1v) is 6.92. The Bertz CT molecular complexity index is 281. The molecule has 2 N–H and O–H groups in total. The standard InChI is InChI=1S/C13H23F3N2O.ClH/c1-10(11-3-7-17-8-4-11)9-12(19)18-6-2-5-13(14,15)16;/h10-11,17H,2-9H2,1H3,(H,18,19);1H. The van der Waals surface area contributed by atoms with Crippen molar-refractivity contribution in [1.82, 2.24) is 10.6 Å². The molecule has 0 aromatic heterocycles. The Morgan fingerprint density at radius 2 is 1.95 bits per heavy atom. The maximum Gasteiger partial charge on any atom is 0.389 e. The van der Waals surface area contributed by atoms with Gasteiger partial charge < -0.3 is 10.6 Å². The Morgan fingerprint density at radius 3 is 2.50 bits per heavy atom. The molecule has 1 amide bonds. The summed E-state index contributed by atoms with van der Waals surface area (Å²) in [6, 6.07) is 0. The number of carbonyl (C=O) groups is 1. The molecule has 0 radical (unpaired) electrons. The van der Waals surface area contributed by atoms with Crippen molar-refractivity contribution in [2.24, 2.45) is 11.8 Å². The molecule has 7 heteroatoms. The molecule has 0 saturated carbocycles. The minimum absolute atomic E-state index is 0. The predicted octanol–water partition coefficient (Wildman–Crippen LogP) is 2.89. The van der Waals surface area contributed by atoms with Gasteiger partial charge in [0.25, 0.3) is 0 Å². The van der Waals surface area contributed by atoms with Crippen molar-refractivity contribution in [3.8, 4) is 0 Å². The first kappa shape index (κ1) is 19.5. The third-order valence-electron chi connectivity index (χ3n) is 3.66. The number of nitrogens with one attached hydrogen (secondary N) is 2. The third-order valence-corrected chi connectivity index (χ3v) is 3.66. The Morgan fingerprint density at radius 1 is 1.35 bits per heavy atom. The van der Waals surface area contributed by atoms with Gasteiger partial charge in [0, 0.05) is 19.4 Å². The van der Waals surface area contributed by atoms with Gasteiger partial charge in [0.2, 0.25) is 5.91 Å². The van der Waals surface area contributed by atoms with E-state index in [9.17, 15) is 18.0 Å². The van der Waals surface area contributed by atoms with Crippen LogP contribution in [-0.4, -0.2) is 31.7 Å². The highest BCUT2D eigenvalue weighted by Crippen LogP contribution is 2.24. The van der Waals surface area contributed by atoms with Gasteiger partial charge in [-0.1, -0.05) is 6.92 Å². The van der Waals surface area contributed by atoms with E-state index in [4.69, 9.17) is 0 Å². The van der Waals surface area contributed by atoms with Gasteiger partial charge in [-0.2, -0.15) is 13.2 Å². The lowest BCUT2D eigenvalue weighted by Crippen LogP contribution is -2.33. The molecule has 1 rings (SSSR count). The molecule has 0 bridgehead atoms. The lowest BCUT2D eigenvalue weighted by Gasteiger charge is -2.27. The van der Waals surface area contributed by atoms with Crippen molar-refractivity contribution in [2.45, 2.75) is 45.2 Å². The van der Waals surface area contributed by atoms with Gasteiger partial charge in [0.1, 0.15) is 0 Å². The van der Waals surface area contributed by atoms with Crippen molar-refractivity contribution in [1.29, 1.82) is 0 Å². The molecule has 0 spiro atoms. The molecule has 1 aliphatic rings. The molecule has 0 aromatic rings. The summed E-state index contributed by atoms with van der Waals surface area (Å²) in [4.78, 5) is 11.6. The fourth-order valence-corrected chi connectivity index (χ4v) is 2.46. The van der Waals surface area contributed by atoms with Crippen molar-refractivity contribution in [2.75, 3.05) is 19.6 Å². The summed E-state index contributed by atoms with van der Waals surface area (Å²) in [6.45, 7) is 4.13. The van der Waals surface area contributed by atoms with Crippen molar-refractivity contribution < 1.29 is 18.0 Å². The average molecular weight is 317 g/mol. The van der Waals surface area contributed by atoms with E-state index < -0.39 is 12.6 Å². The maximum absolute atomic E-state index is 11.9. The molecule has 20 heavy (non-hydrogen) atoms. The van der Waals surface area contributed by atoms with E-state index in [0.717, 1.165) is 25.9 Å². The van der Waals surface area contributed by atoms with E-state index in [0.29, 0.717) is 18.3 Å². The molecule has 1 atom stereocenters. The lowest BCUT2D eigenvalue weighted by atomic mass is 9.84. The number of carbonyl (C=O) groups excluding carboxylic acids is 1. The van der Waals surface area contributed by atoms with Crippen molar-refractivity contribution >= 4 is 18.3 Å². The first-order valence-electron chi connectivity index (χ1n) is 6.92. The zero-order chi connectivity index (χ0) is 14.3. The van der Waals surface area contributed by atoms with E-state index in [2.05, 4.69) is 10.6 Å². The quantitative estimate of drug-likeness (QED) is 0.740. The van der Waals surface area contributed by atoms with E-state index in [1.807, 2.05) is 6.92 Å². The van der Waals surface area contributed by atoms with Crippen LogP contribution in [0.1, 0.15) is 39.0 Å². The minimum Gasteiger partial charge on any atom is -0.356 e. The molecule has 0 aliphatic carbocycles. The van der Waals surface area contributed by atoms with Gasteiger partial charge in [-0.05, 0) is 44.2 Å². The van der Waals surface area contributed by atoms with Crippen LogP contribution in [0.2, 0.25) is 0 Å². The van der Waals surface area contributed by atoms with Crippen LogP contribution in [0.4, 0.5) is 13.2 Å². The first-order chi connectivity index (χ1) is 8.88. The molecule has 120 valence electrons. The largest absolute Gasteiger partial charge is 0.389 e. The molecule has 0 aromatic carbocycles. The van der Waals surface area contributed by atoms with Gasteiger partial charge in [0.05, 0.1) is 0 Å². The van der Waals surface area contributed by atoms with Crippen LogP contribution in [0.25, 0.3) is 0 Å². The average Bonchev–Trinajstić information content (AvgIpc) is 2.34. The summed E-state index contributed by atoms with van der Waals surface area (Å²) in [7, 11) is 0. The van der Waals surface area contributed by atoms with Crippen LogP contribution in [0.15, 0.2) is 0 Å². The number of hydrogen-bond acceptors (Lipinski definition) is 2. The van der Waals surface area contributed by atoms with Crippen LogP contribution in [0.3, 0.4) is 0 Å². The van der Waals surface area contributed by atoms with Crippen LogP contribution in [0, 0.1) is 11.8 Å². The second kappa shape index (κ2) is 9.45. The number of amides is 1. The Labute approximate surface area is 124 Å². The van der Waals surface area contributed by atoms with E-state index in [1.54, 1.807) is 0 Å². The Hall–Kier alpha value is -0.490. The maximum atomic E-state index is 11.9. The summed E-state index contributed by atoms with van der Waals surface area (Å²) in [5, 5.41) is 5.84. The van der Waals surface area contributed by atoms with Crippen LogP contribution in [0.5, 0.6) is 0 Å². The second-order valence-electron chi connectivity index (χ2n) is 5.34. The smallest absolute Gasteiger partial charge is 0.356 e. The highest BCUT2D eigenvalue weighted by molar-refractivity contribution is 5.85. The number of hydrogen-bond donors (Lipinski definition) is 2. The lowest BCUT2D eigenvalue weighted by molar-refractivity contribution is -0.136. The molecule has 1 unspecified atom stereocenters. The topological polar surface area (TPSA) is 41.1 Å². The van der Waals surface area contributed by atoms with Crippen LogP contribution in [-0.2, 0) is 4.79 Å². The van der Waals surface area contributed by atoms with Gasteiger partial charge >= 0.3 is 6.18 Å². The van der Waals surface area contributed by atoms with Gasteiger partial charge in [-0.3, -0.25) is 4.79 Å². The van der Waals surface area contributed by atoms with Gasteiger partial charge in [-0.25, -0.2) is 0 Å². The Balaban J connectivity index is 0.00000361. The molecule has 1 heterocycles. The highest BCUT2D eigenvalue weighted by Gasteiger charge is 2.26. The number of halogens is 4. The summed E-state index contributed by atoms with van der Waals surface area (Å²) in [6.07, 6.45) is -2.46. The molecule has 1 aliphatic heterocycles. The monoisotopic (exact) mass is 316 g/mol. The molecular formula is C13H24ClF3N2O. The van der Waals surface area contributed by atoms with Crippen molar-refractivity contribution in [3.63, 3.8) is 0 Å². The number of alkyl halides is 3. The summed E-state index contributed by atoms with van der Waals surface area (Å²) in [5.41, 5.74) is 0. The molecular weight excluding hydrogens is 293 g/mol. The van der Waals surface area contributed by atoms with E-state index >= 15 is 0 Å². The summed E-state index contributed by atoms with van der Waals surface area (Å²) < 4.78 is 35.7. The molecule has 3 nitrogen and oxygen atoms in total. The predicted molar refractivity (Wildman–Crippen MR) is 74.9 cm³/mol. The second-order valence-corrected chi connectivity index (χ2v) is 5.34. The van der Waals surface area contributed by atoms with Gasteiger partial charge in [-0.15, -0.1) is 12.4 Å². The highest BCUT2D eigenvalue weighted by atomic mass is 35.5. The third kappa shape index (κ3) is 8.64. The summed E-state index contributed by atoms with van der Waals surface area (Å²) in [5.74, 6) is 0.708. The fraction of sp³-hybridized carbons (Fsp3) is 0.923. The zero-order valence-corrected chi connectivity index (χ0v) is 12.6. The number of rotatable bonds is 6. The normalized spacial score (nSPS) is 18.2. The van der Waals surface area contributed by atoms with Gasteiger partial charge in [0.15, 0.2) is 0 Å². The van der Waals surface area contributed by atoms with Crippen LogP contribution < -0.4 is 10.6 Å². The molecule has 1 fully saturated rings.